The lowest BCUT2D eigenvalue weighted by molar-refractivity contribution is 0.120. The van der Waals surface area contributed by atoms with Crippen molar-refractivity contribution in [2.24, 2.45) is 0 Å². The lowest BCUT2D eigenvalue weighted by atomic mass is 10.2. The first kappa shape index (κ1) is 15.5. The number of nitrogens with zero attached hydrogens (tertiary/aromatic N) is 3. The molecule has 0 amide bonds. The molecule has 3 rings (SSSR count). The maximum atomic E-state index is 5.58. The summed E-state index contributed by atoms with van der Waals surface area (Å²) in [6, 6.07) is 7.84. The van der Waals surface area contributed by atoms with E-state index in [1.165, 1.54) is 0 Å². The summed E-state index contributed by atoms with van der Waals surface area (Å²) in [5.74, 6) is 2.01. The minimum Gasteiger partial charge on any atom is -0.496 e. The number of nitrogens with one attached hydrogen (secondary N) is 2. The van der Waals surface area contributed by atoms with Crippen molar-refractivity contribution in [3.63, 3.8) is 0 Å². The fraction of sp³-hybridized carbons (Fsp3) is 0.438. The maximum absolute atomic E-state index is 5.58. The summed E-state index contributed by atoms with van der Waals surface area (Å²) in [5, 5.41) is 14.4. The summed E-state index contributed by atoms with van der Waals surface area (Å²) >= 11 is 0. The first-order valence-corrected chi connectivity index (χ1v) is 7.76. The Morgan fingerprint density at radius 3 is 3.04 bits per heavy atom. The standard InChI is InChI=1S/C16H21N5O2/c1-22-14-7-3-2-5-12(14)9-18-16-20-15(11-19-21-16)17-10-13-6-4-8-23-13/h2-3,5,7,11,13H,4,6,8-10H2,1H3,(H2,17,18,20,21). The first-order chi connectivity index (χ1) is 11.3. The Hall–Kier alpha value is -2.41. The van der Waals surface area contributed by atoms with Crippen LogP contribution in [0.2, 0.25) is 0 Å². The molecule has 7 nitrogen and oxygen atoms in total. The highest BCUT2D eigenvalue weighted by Gasteiger charge is 2.15. The van der Waals surface area contributed by atoms with Gasteiger partial charge in [-0.05, 0) is 18.9 Å². The lowest BCUT2D eigenvalue weighted by Crippen LogP contribution is -2.19. The molecule has 1 aromatic carbocycles. The fourth-order valence-corrected chi connectivity index (χ4v) is 2.51. The van der Waals surface area contributed by atoms with Gasteiger partial charge in [-0.15, -0.1) is 5.10 Å². The highest BCUT2D eigenvalue weighted by Crippen LogP contribution is 2.18. The first-order valence-electron chi connectivity index (χ1n) is 7.76. The second-order valence-corrected chi connectivity index (χ2v) is 5.35. The summed E-state index contributed by atoms with van der Waals surface area (Å²) in [6.07, 6.45) is 4.09. The van der Waals surface area contributed by atoms with E-state index in [1.807, 2.05) is 24.3 Å². The molecule has 122 valence electrons. The summed E-state index contributed by atoms with van der Waals surface area (Å²) < 4.78 is 10.9. The van der Waals surface area contributed by atoms with Gasteiger partial charge in [0.05, 0.1) is 19.4 Å². The molecule has 1 atom stereocenters. The second kappa shape index (κ2) is 7.73. The van der Waals surface area contributed by atoms with Crippen LogP contribution >= 0.6 is 0 Å². The highest BCUT2D eigenvalue weighted by molar-refractivity contribution is 5.40. The molecule has 23 heavy (non-hydrogen) atoms. The average Bonchev–Trinajstić information content (AvgIpc) is 3.12. The molecule has 2 N–H and O–H groups in total. The molecule has 7 heteroatoms. The topological polar surface area (TPSA) is 81.2 Å². The predicted octanol–water partition coefficient (Wildman–Crippen LogP) is 2.08. The summed E-state index contributed by atoms with van der Waals surface area (Å²) in [4.78, 5) is 4.41. The molecule has 2 heterocycles. The SMILES string of the molecule is COc1ccccc1CNc1nncc(NCC2CCCO2)n1. The highest BCUT2D eigenvalue weighted by atomic mass is 16.5. The smallest absolute Gasteiger partial charge is 0.244 e. The lowest BCUT2D eigenvalue weighted by Gasteiger charge is -2.12. The third-order valence-electron chi connectivity index (χ3n) is 3.72. The van der Waals surface area contributed by atoms with Gasteiger partial charge >= 0.3 is 0 Å². The normalized spacial score (nSPS) is 17.0. The zero-order valence-corrected chi connectivity index (χ0v) is 13.2. The molecule has 0 radical (unpaired) electrons. The van der Waals surface area contributed by atoms with E-state index < -0.39 is 0 Å². The van der Waals surface area contributed by atoms with Crippen molar-refractivity contribution < 1.29 is 9.47 Å². The van der Waals surface area contributed by atoms with Gasteiger partial charge in [-0.3, -0.25) is 0 Å². The number of methoxy groups -OCH3 is 1. The van der Waals surface area contributed by atoms with Crippen molar-refractivity contribution in [3.8, 4) is 5.75 Å². The van der Waals surface area contributed by atoms with Gasteiger partial charge in [0, 0.05) is 25.3 Å². The van der Waals surface area contributed by atoms with Crippen LogP contribution in [0.5, 0.6) is 5.75 Å². The van der Waals surface area contributed by atoms with Gasteiger partial charge in [0.1, 0.15) is 5.75 Å². The molecule has 1 aromatic heterocycles. The van der Waals surface area contributed by atoms with Crippen LogP contribution in [0.15, 0.2) is 30.5 Å². The van der Waals surface area contributed by atoms with E-state index in [1.54, 1.807) is 13.3 Å². The molecular weight excluding hydrogens is 294 g/mol. The minimum absolute atomic E-state index is 0.259. The van der Waals surface area contributed by atoms with Crippen LogP contribution in [0.25, 0.3) is 0 Å². The number of hydrogen-bond acceptors (Lipinski definition) is 7. The van der Waals surface area contributed by atoms with Gasteiger partial charge in [0.2, 0.25) is 5.95 Å². The van der Waals surface area contributed by atoms with E-state index in [0.29, 0.717) is 18.3 Å². The quantitative estimate of drug-likeness (QED) is 0.809. The van der Waals surface area contributed by atoms with Crippen molar-refractivity contribution >= 4 is 11.8 Å². The Morgan fingerprint density at radius 2 is 2.22 bits per heavy atom. The third kappa shape index (κ3) is 4.29. The predicted molar refractivity (Wildman–Crippen MR) is 87.6 cm³/mol. The van der Waals surface area contributed by atoms with E-state index >= 15 is 0 Å². The second-order valence-electron chi connectivity index (χ2n) is 5.35. The van der Waals surface area contributed by atoms with E-state index in [-0.39, 0.29) is 6.10 Å². The van der Waals surface area contributed by atoms with E-state index in [2.05, 4.69) is 25.8 Å². The van der Waals surface area contributed by atoms with Crippen LogP contribution in [0, 0.1) is 0 Å². The Balaban J connectivity index is 1.56. The van der Waals surface area contributed by atoms with E-state index in [4.69, 9.17) is 9.47 Å². The summed E-state index contributed by atoms with van der Waals surface area (Å²) in [7, 11) is 1.66. The molecule has 1 fully saturated rings. The summed E-state index contributed by atoms with van der Waals surface area (Å²) in [6.45, 7) is 2.16. The molecule has 1 unspecified atom stereocenters. The number of anilines is 2. The van der Waals surface area contributed by atoms with Gasteiger partial charge in [0.15, 0.2) is 5.82 Å². The van der Waals surface area contributed by atoms with Gasteiger partial charge in [0.25, 0.3) is 0 Å². The van der Waals surface area contributed by atoms with Gasteiger partial charge in [-0.1, -0.05) is 18.2 Å². The zero-order valence-electron chi connectivity index (χ0n) is 13.2. The van der Waals surface area contributed by atoms with Gasteiger partial charge in [-0.25, -0.2) is 0 Å². The van der Waals surface area contributed by atoms with Crippen LogP contribution in [0.3, 0.4) is 0 Å². The molecular formula is C16H21N5O2. The number of ether oxygens (including phenoxy) is 2. The molecule has 0 bridgehead atoms. The van der Waals surface area contributed by atoms with E-state index in [9.17, 15) is 0 Å². The number of aromatic nitrogens is 3. The Bertz CT molecular complexity index is 631. The van der Waals surface area contributed by atoms with Crippen LogP contribution in [0.1, 0.15) is 18.4 Å². The van der Waals surface area contributed by atoms with E-state index in [0.717, 1.165) is 37.3 Å². The van der Waals surface area contributed by atoms with Crippen molar-refractivity contribution in [3.05, 3.63) is 36.0 Å². The van der Waals surface area contributed by atoms with Gasteiger partial charge < -0.3 is 20.1 Å². The fourth-order valence-electron chi connectivity index (χ4n) is 2.51. The molecule has 1 saturated heterocycles. The minimum atomic E-state index is 0.259. The van der Waals surface area contributed by atoms with Crippen LogP contribution in [-0.4, -0.2) is 41.5 Å². The zero-order chi connectivity index (χ0) is 15.9. The molecule has 1 aliphatic rings. The van der Waals surface area contributed by atoms with Crippen LogP contribution in [-0.2, 0) is 11.3 Å². The largest absolute Gasteiger partial charge is 0.496 e. The maximum Gasteiger partial charge on any atom is 0.244 e. The number of hydrogen-bond donors (Lipinski definition) is 2. The number of benzene rings is 1. The number of para-hydroxylation sites is 1. The monoisotopic (exact) mass is 315 g/mol. The average molecular weight is 315 g/mol. The Morgan fingerprint density at radius 1 is 1.30 bits per heavy atom. The van der Waals surface area contributed by atoms with Crippen molar-refractivity contribution in [1.29, 1.82) is 0 Å². The van der Waals surface area contributed by atoms with Crippen LogP contribution in [0.4, 0.5) is 11.8 Å². The summed E-state index contributed by atoms with van der Waals surface area (Å²) in [5.41, 5.74) is 1.04. The molecule has 0 aliphatic carbocycles. The molecule has 1 aliphatic heterocycles. The van der Waals surface area contributed by atoms with Crippen molar-refractivity contribution in [2.75, 3.05) is 30.9 Å². The van der Waals surface area contributed by atoms with Crippen molar-refractivity contribution in [2.45, 2.75) is 25.5 Å². The Labute approximate surface area is 135 Å². The van der Waals surface area contributed by atoms with Gasteiger partial charge in [-0.2, -0.15) is 10.1 Å². The molecule has 0 saturated carbocycles. The molecule has 2 aromatic rings. The van der Waals surface area contributed by atoms with Crippen LogP contribution < -0.4 is 15.4 Å². The third-order valence-corrected chi connectivity index (χ3v) is 3.72. The van der Waals surface area contributed by atoms with Crippen molar-refractivity contribution in [1.82, 2.24) is 15.2 Å². The molecule has 0 spiro atoms. The Kier molecular flexibility index (Phi) is 5.21. The number of rotatable bonds is 7.